The van der Waals surface area contributed by atoms with Gasteiger partial charge in [0.05, 0.1) is 7.11 Å². The van der Waals surface area contributed by atoms with E-state index in [9.17, 15) is 9.59 Å². The number of hydrogen-bond donors (Lipinski definition) is 0. The quantitative estimate of drug-likeness (QED) is 0.624. The number of methoxy groups -OCH3 is 1. The van der Waals surface area contributed by atoms with E-state index in [0.717, 1.165) is 22.4 Å². The highest BCUT2D eigenvalue weighted by atomic mass is 16.5. The summed E-state index contributed by atoms with van der Waals surface area (Å²) in [6.07, 6.45) is 2.22. The first-order chi connectivity index (χ1) is 12.5. The molecule has 0 heterocycles. The molecule has 26 heavy (non-hydrogen) atoms. The Morgan fingerprint density at radius 1 is 1.04 bits per heavy atom. The van der Waals surface area contributed by atoms with Gasteiger partial charge in [0.25, 0.3) is 0 Å². The highest BCUT2D eigenvalue weighted by Gasteiger charge is 2.39. The van der Waals surface area contributed by atoms with Crippen LogP contribution in [0.15, 0.2) is 60.7 Å². The number of ketones is 1. The number of nitrogens with zero attached hydrogens (tertiary/aromatic N) is 1. The third kappa shape index (κ3) is 3.54. The molecule has 2 aromatic rings. The Morgan fingerprint density at radius 2 is 1.69 bits per heavy atom. The minimum Gasteiger partial charge on any atom is -0.468 e. The van der Waals surface area contributed by atoms with Gasteiger partial charge in [-0.05, 0) is 41.3 Å². The summed E-state index contributed by atoms with van der Waals surface area (Å²) >= 11 is 0. The van der Waals surface area contributed by atoms with Gasteiger partial charge in [-0.1, -0.05) is 42.5 Å². The van der Waals surface area contributed by atoms with Crippen LogP contribution in [-0.2, 0) is 14.3 Å². The first kappa shape index (κ1) is 17.9. The molecule has 0 aliphatic heterocycles. The molecule has 2 aromatic carbocycles. The summed E-state index contributed by atoms with van der Waals surface area (Å²) in [6, 6.07) is 17.8. The molecule has 0 saturated heterocycles. The lowest BCUT2D eigenvalue weighted by atomic mass is 9.73. The topological polar surface area (TPSA) is 46.6 Å². The van der Waals surface area contributed by atoms with E-state index in [1.165, 1.54) is 7.11 Å². The van der Waals surface area contributed by atoms with Crippen LogP contribution < -0.4 is 4.90 Å². The van der Waals surface area contributed by atoms with Crippen LogP contribution in [0.25, 0.3) is 5.57 Å². The van der Waals surface area contributed by atoms with E-state index >= 15 is 0 Å². The van der Waals surface area contributed by atoms with E-state index in [0.29, 0.717) is 6.42 Å². The predicted octanol–water partition coefficient (Wildman–Crippen LogP) is 3.68. The van der Waals surface area contributed by atoms with E-state index in [1.807, 2.05) is 73.6 Å². The van der Waals surface area contributed by atoms with Crippen molar-refractivity contribution in [2.75, 3.05) is 26.1 Å². The third-order valence-electron chi connectivity index (χ3n) is 4.90. The number of rotatable bonds is 4. The van der Waals surface area contributed by atoms with Crippen LogP contribution in [0.3, 0.4) is 0 Å². The highest BCUT2D eigenvalue weighted by molar-refractivity contribution is 6.10. The number of anilines is 1. The van der Waals surface area contributed by atoms with Crippen LogP contribution in [-0.4, -0.2) is 33.0 Å². The second-order valence-electron chi connectivity index (χ2n) is 6.74. The number of esters is 1. The van der Waals surface area contributed by atoms with Crippen LogP contribution in [0.1, 0.15) is 23.5 Å². The Labute approximate surface area is 154 Å². The van der Waals surface area contributed by atoms with Crippen molar-refractivity contribution >= 4 is 23.0 Å². The van der Waals surface area contributed by atoms with Crippen molar-refractivity contribution in [2.45, 2.75) is 12.3 Å². The molecule has 1 aliphatic carbocycles. The van der Waals surface area contributed by atoms with Crippen molar-refractivity contribution in [3.8, 4) is 0 Å². The molecule has 0 radical (unpaired) electrons. The van der Waals surface area contributed by atoms with Crippen molar-refractivity contribution in [2.24, 2.45) is 5.92 Å². The van der Waals surface area contributed by atoms with Gasteiger partial charge in [-0.15, -0.1) is 0 Å². The van der Waals surface area contributed by atoms with Crippen molar-refractivity contribution in [1.82, 2.24) is 0 Å². The lowest BCUT2D eigenvalue weighted by Gasteiger charge is -2.29. The molecule has 0 N–H and O–H groups in total. The summed E-state index contributed by atoms with van der Waals surface area (Å²) in [6.45, 7) is 0. The lowest BCUT2D eigenvalue weighted by molar-refractivity contribution is -0.149. The Bertz CT molecular complexity index is 822. The molecule has 0 aromatic heterocycles. The van der Waals surface area contributed by atoms with Gasteiger partial charge in [-0.2, -0.15) is 0 Å². The summed E-state index contributed by atoms with van der Waals surface area (Å²) < 4.78 is 4.92. The van der Waals surface area contributed by atoms with Gasteiger partial charge < -0.3 is 9.64 Å². The SMILES string of the molecule is COC(=O)[C@H]1C(=O)C=C(c2ccccc2)C[C@H]1c1ccc(N(C)C)cc1. The first-order valence-electron chi connectivity index (χ1n) is 8.66. The van der Waals surface area contributed by atoms with E-state index in [2.05, 4.69) is 0 Å². The molecule has 0 unspecified atom stereocenters. The molecular weight excluding hydrogens is 326 g/mol. The van der Waals surface area contributed by atoms with Gasteiger partial charge in [0.2, 0.25) is 0 Å². The number of hydrogen-bond acceptors (Lipinski definition) is 4. The lowest BCUT2D eigenvalue weighted by Crippen LogP contribution is -2.33. The maximum Gasteiger partial charge on any atom is 0.317 e. The van der Waals surface area contributed by atoms with E-state index in [4.69, 9.17) is 4.74 Å². The fourth-order valence-corrected chi connectivity index (χ4v) is 3.46. The van der Waals surface area contributed by atoms with E-state index in [1.54, 1.807) is 6.08 Å². The Morgan fingerprint density at radius 3 is 2.27 bits per heavy atom. The monoisotopic (exact) mass is 349 g/mol. The highest BCUT2D eigenvalue weighted by Crippen LogP contribution is 2.40. The van der Waals surface area contributed by atoms with Crippen molar-refractivity contribution in [3.63, 3.8) is 0 Å². The molecule has 0 fully saturated rings. The summed E-state index contributed by atoms with van der Waals surface area (Å²) in [5.74, 6) is -1.69. The molecule has 134 valence electrons. The Balaban J connectivity index is 2.00. The first-order valence-corrected chi connectivity index (χ1v) is 8.66. The normalized spacial score (nSPS) is 19.7. The number of carbonyl (C=O) groups excluding carboxylic acids is 2. The Kier molecular flexibility index (Phi) is 5.21. The minimum atomic E-state index is -0.794. The van der Waals surface area contributed by atoms with Crippen molar-refractivity contribution < 1.29 is 14.3 Å². The second-order valence-corrected chi connectivity index (χ2v) is 6.74. The van der Waals surface area contributed by atoms with Gasteiger partial charge in [0, 0.05) is 25.7 Å². The largest absolute Gasteiger partial charge is 0.468 e. The van der Waals surface area contributed by atoms with Gasteiger partial charge in [0.1, 0.15) is 5.92 Å². The average molecular weight is 349 g/mol. The van der Waals surface area contributed by atoms with Gasteiger partial charge in [-0.25, -0.2) is 0 Å². The molecule has 0 saturated carbocycles. The van der Waals surface area contributed by atoms with E-state index < -0.39 is 11.9 Å². The average Bonchev–Trinajstić information content (AvgIpc) is 2.67. The zero-order chi connectivity index (χ0) is 18.7. The maximum atomic E-state index is 12.8. The molecule has 4 nitrogen and oxygen atoms in total. The second kappa shape index (κ2) is 7.56. The standard InChI is InChI=1S/C22H23NO3/c1-23(2)18-11-9-16(10-12-18)19-13-17(15-7-5-4-6-8-15)14-20(24)21(19)22(25)26-3/h4-12,14,19,21H,13H2,1-3H3/t19-,21+/m0/s1. The summed E-state index contributed by atoms with van der Waals surface area (Å²) in [4.78, 5) is 27.1. The molecule has 3 rings (SSSR count). The van der Waals surface area contributed by atoms with Crippen molar-refractivity contribution in [1.29, 1.82) is 0 Å². The zero-order valence-electron chi connectivity index (χ0n) is 15.3. The molecular formula is C22H23NO3. The van der Waals surface area contributed by atoms with Crippen LogP contribution in [0.5, 0.6) is 0 Å². The van der Waals surface area contributed by atoms with Crippen molar-refractivity contribution in [3.05, 3.63) is 71.8 Å². The van der Waals surface area contributed by atoms with Gasteiger partial charge in [-0.3, -0.25) is 9.59 Å². The molecule has 1 aliphatic rings. The minimum absolute atomic E-state index is 0.191. The fourth-order valence-electron chi connectivity index (χ4n) is 3.46. The molecule has 2 atom stereocenters. The van der Waals surface area contributed by atoms with Crippen LogP contribution in [0.4, 0.5) is 5.69 Å². The summed E-state index contributed by atoms with van der Waals surface area (Å²) in [5, 5.41) is 0. The van der Waals surface area contributed by atoms with Gasteiger partial charge >= 0.3 is 5.97 Å². The third-order valence-corrected chi connectivity index (χ3v) is 4.90. The number of benzene rings is 2. The van der Waals surface area contributed by atoms with Crippen LogP contribution in [0, 0.1) is 5.92 Å². The predicted molar refractivity (Wildman–Crippen MR) is 103 cm³/mol. The molecule has 0 bridgehead atoms. The fraction of sp³-hybridized carbons (Fsp3) is 0.273. The summed E-state index contributed by atoms with van der Waals surface area (Å²) in [7, 11) is 5.29. The maximum absolute atomic E-state index is 12.8. The zero-order valence-corrected chi connectivity index (χ0v) is 15.3. The molecule has 0 spiro atoms. The Hall–Kier alpha value is -2.88. The summed E-state index contributed by atoms with van der Waals surface area (Å²) in [5.41, 5.74) is 4.02. The number of ether oxygens (including phenoxy) is 1. The van der Waals surface area contributed by atoms with E-state index in [-0.39, 0.29) is 11.7 Å². The van der Waals surface area contributed by atoms with Crippen LogP contribution >= 0.6 is 0 Å². The number of allylic oxidation sites excluding steroid dienone is 2. The smallest absolute Gasteiger partial charge is 0.317 e. The van der Waals surface area contributed by atoms with Gasteiger partial charge in [0.15, 0.2) is 5.78 Å². The molecule has 0 amide bonds. The molecule has 4 heteroatoms. The number of carbonyl (C=O) groups is 2. The van der Waals surface area contributed by atoms with Crippen LogP contribution in [0.2, 0.25) is 0 Å².